The standard InChI is InChI=1S/C14H15F2N7O2/c15-14(16)25-12-3-10(21-22-12)19-11-5-17-9-4-18-23(13(9)20-11)6-8-1-2-24-7-8/h3-5,8,14H,1-2,6-7H2,(H2,19,20,21,22)/t8-/m1/s1. The summed E-state index contributed by atoms with van der Waals surface area (Å²) in [7, 11) is 0. The summed E-state index contributed by atoms with van der Waals surface area (Å²) in [6.45, 7) is -0.730. The summed E-state index contributed by atoms with van der Waals surface area (Å²) < 4.78 is 35.8. The van der Waals surface area contributed by atoms with Crippen LogP contribution in [0.25, 0.3) is 11.2 Å². The van der Waals surface area contributed by atoms with Gasteiger partial charge in [-0.25, -0.2) is 19.7 Å². The van der Waals surface area contributed by atoms with Crippen molar-refractivity contribution in [3.05, 3.63) is 18.5 Å². The van der Waals surface area contributed by atoms with Crippen LogP contribution in [0.5, 0.6) is 5.88 Å². The third-order valence-electron chi connectivity index (χ3n) is 3.83. The highest BCUT2D eigenvalue weighted by atomic mass is 19.3. The quantitative estimate of drug-likeness (QED) is 0.699. The van der Waals surface area contributed by atoms with Crippen LogP contribution in [0.4, 0.5) is 20.4 Å². The van der Waals surface area contributed by atoms with Crippen LogP contribution in [0.2, 0.25) is 0 Å². The van der Waals surface area contributed by atoms with E-state index in [1.54, 1.807) is 10.9 Å². The molecule has 1 aliphatic rings. The Hall–Kier alpha value is -2.82. The van der Waals surface area contributed by atoms with E-state index in [4.69, 9.17) is 4.74 Å². The molecule has 9 nitrogen and oxygen atoms in total. The molecule has 0 amide bonds. The molecule has 1 fully saturated rings. The number of anilines is 2. The van der Waals surface area contributed by atoms with Crippen LogP contribution in [0.1, 0.15) is 6.42 Å². The average Bonchev–Trinajstić information content (AvgIpc) is 3.30. The zero-order valence-corrected chi connectivity index (χ0v) is 13.0. The van der Waals surface area contributed by atoms with Gasteiger partial charge in [-0.2, -0.15) is 19.0 Å². The topological polar surface area (TPSA) is 103 Å². The van der Waals surface area contributed by atoms with Crippen molar-refractivity contribution in [2.45, 2.75) is 19.6 Å². The van der Waals surface area contributed by atoms with Gasteiger partial charge in [0, 0.05) is 25.1 Å². The van der Waals surface area contributed by atoms with E-state index in [0.717, 1.165) is 13.0 Å². The molecule has 0 bridgehead atoms. The van der Waals surface area contributed by atoms with Crippen LogP contribution in [0.15, 0.2) is 18.5 Å². The van der Waals surface area contributed by atoms with Crippen molar-refractivity contribution >= 4 is 22.8 Å². The molecule has 0 radical (unpaired) electrons. The molecular formula is C14H15F2N7O2. The minimum atomic E-state index is -2.92. The number of aromatic nitrogens is 6. The zero-order valence-electron chi connectivity index (χ0n) is 13.0. The Morgan fingerprint density at radius 2 is 2.32 bits per heavy atom. The lowest BCUT2D eigenvalue weighted by atomic mass is 10.1. The number of H-pyrrole nitrogens is 1. The second-order valence-electron chi connectivity index (χ2n) is 5.64. The zero-order chi connectivity index (χ0) is 17.2. The van der Waals surface area contributed by atoms with E-state index in [9.17, 15) is 8.78 Å². The largest absolute Gasteiger partial charge is 0.417 e. The second kappa shape index (κ2) is 6.59. The van der Waals surface area contributed by atoms with E-state index in [-0.39, 0.29) is 5.88 Å². The molecule has 4 heterocycles. The lowest BCUT2D eigenvalue weighted by molar-refractivity contribution is -0.0528. The first-order valence-electron chi connectivity index (χ1n) is 7.71. The van der Waals surface area contributed by atoms with Crippen LogP contribution < -0.4 is 10.1 Å². The third-order valence-corrected chi connectivity index (χ3v) is 3.83. The fraction of sp³-hybridized carbons (Fsp3) is 0.429. The van der Waals surface area contributed by atoms with E-state index in [2.05, 4.69) is 35.3 Å². The summed E-state index contributed by atoms with van der Waals surface area (Å²) in [6, 6.07) is 1.31. The molecule has 0 unspecified atom stereocenters. The Balaban J connectivity index is 1.52. The molecule has 0 aromatic carbocycles. The highest BCUT2D eigenvalue weighted by Gasteiger charge is 2.18. The number of ether oxygens (including phenoxy) is 2. The number of alkyl halides is 2. The van der Waals surface area contributed by atoms with Crippen molar-refractivity contribution in [3.63, 3.8) is 0 Å². The smallest absolute Gasteiger partial charge is 0.388 e. The van der Waals surface area contributed by atoms with E-state index in [1.165, 1.54) is 12.3 Å². The predicted octanol–water partition coefficient (Wildman–Crippen LogP) is 1.93. The van der Waals surface area contributed by atoms with Crippen LogP contribution in [0, 0.1) is 5.92 Å². The maximum Gasteiger partial charge on any atom is 0.388 e. The van der Waals surface area contributed by atoms with Crippen molar-refractivity contribution < 1.29 is 18.3 Å². The van der Waals surface area contributed by atoms with Crippen molar-refractivity contribution in [2.24, 2.45) is 5.92 Å². The van der Waals surface area contributed by atoms with Gasteiger partial charge >= 0.3 is 6.61 Å². The van der Waals surface area contributed by atoms with Gasteiger partial charge in [0.05, 0.1) is 19.0 Å². The highest BCUT2D eigenvalue weighted by molar-refractivity contribution is 5.71. The van der Waals surface area contributed by atoms with Crippen LogP contribution in [-0.2, 0) is 11.3 Å². The first-order valence-corrected chi connectivity index (χ1v) is 7.71. The maximum atomic E-state index is 12.2. The molecule has 4 rings (SSSR count). The summed E-state index contributed by atoms with van der Waals surface area (Å²) in [4.78, 5) is 8.78. The maximum absolute atomic E-state index is 12.2. The number of hydrogen-bond acceptors (Lipinski definition) is 7. The van der Waals surface area contributed by atoms with Crippen LogP contribution in [-0.4, -0.2) is 49.8 Å². The number of hydrogen-bond donors (Lipinski definition) is 2. The molecule has 25 heavy (non-hydrogen) atoms. The minimum Gasteiger partial charge on any atom is -0.417 e. The first-order chi connectivity index (χ1) is 12.2. The van der Waals surface area contributed by atoms with Gasteiger partial charge in [0.2, 0.25) is 5.88 Å². The molecule has 2 N–H and O–H groups in total. The SMILES string of the molecule is FC(F)Oc1cc(Nc2cnc3cnn(C[C@H]4CCOC4)c3n2)n[nH]1. The van der Waals surface area contributed by atoms with Gasteiger partial charge in [0.25, 0.3) is 0 Å². The predicted molar refractivity (Wildman–Crippen MR) is 82.8 cm³/mol. The van der Waals surface area contributed by atoms with Crippen LogP contribution in [0.3, 0.4) is 0 Å². The van der Waals surface area contributed by atoms with Gasteiger partial charge in [-0.3, -0.25) is 0 Å². The van der Waals surface area contributed by atoms with E-state index in [0.29, 0.717) is 41.9 Å². The Morgan fingerprint density at radius 1 is 1.40 bits per heavy atom. The Morgan fingerprint density at radius 3 is 3.12 bits per heavy atom. The Labute approximate surface area is 140 Å². The molecule has 0 saturated carbocycles. The monoisotopic (exact) mass is 351 g/mol. The van der Waals surface area contributed by atoms with Crippen molar-refractivity contribution in [1.29, 1.82) is 0 Å². The molecule has 3 aromatic rings. The van der Waals surface area contributed by atoms with Crippen molar-refractivity contribution in [1.82, 2.24) is 29.9 Å². The Bertz CT molecular complexity index is 860. The highest BCUT2D eigenvalue weighted by Crippen LogP contribution is 2.21. The Kier molecular flexibility index (Phi) is 4.14. The molecule has 11 heteroatoms. The minimum absolute atomic E-state index is 0.141. The first kappa shape index (κ1) is 15.7. The molecule has 1 aliphatic heterocycles. The molecule has 3 aromatic heterocycles. The van der Waals surface area contributed by atoms with Crippen LogP contribution >= 0.6 is 0 Å². The summed E-state index contributed by atoms with van der Waals surface area (Å²) in [5, 5.41) is 13.4. The number of halogens is 2. The lowest BCUT2D eigenvalue weighted by Crippen LogP contribution is -2.12. The fourth-order valence-electron chi connectivity index (χ4n) is 2.67. The fourth-order valence-corrected chi connectivity index (χ4v) is 2.67. The number of nitrogens with one attached hydrogen (secondary N) is 2. The van der Waals surface area contributed by atoms with Gasteiger partial charge < -0.3 is 14.8 Å². The van der Waals surface area contributed by atoms with Gasteiger partial charge in [-0.05, 0) is 6.42 Å². The number of fused-ring (bicyclic) bond motifs is 1. The third kappa shape index (κ3) is 3.50. The number of aromatic amines is 1. The molecule has 1 saturated heterocycles. The average molecular weight is 351 g/mol. The van der Waals surface area contributed by atoms with Gasteiger partial charge in [-0.1, -0.05) is 0 Å². The lowest BCUT2D eigenvalue weighted by Gasteiger charge is -2.08. The molecule has 0 aliphatic carbocycles. The van der Waals surface area contributed by atoms with Crippen molar-refractivity contribution in [2.75, 3.05) is 18.5 Å². The van der Waals surface area contributed by atoms with Gasteiger partial charge in [-0.15, -0.1) is 0 Å². The van der Waals surface area contributed by atoms with Crippen molar-refractivity contribution in [3.8, 4) is 5.88 Å². The molecule has 1 atom stereocenters. The molecule has 132 valence electrons. The molecule has 0 spiro atoms. The summed E-state index contributed by atoms with van der Waals surface area (Å²) in [6.07, 6.45) is 4.17. The van der Waals surface area contributed by atoms with Gasteiger partial charge in [0.1, 0.15) is 5.52 Å². The molecular weight excluding hydrogens is 336 g/mol. The normalized spacial score (nSPS) is 17.5. The van der Waals surface area contributed by atoms with E-state index in [1.807, 2.05) is 0 Å². The summed E-state index contributed by atoms with van der Waals surface area (Å²) in [5.41, 5.74) is 1.31. The summed E-state index contributed by atoms with van der Waals surface area (Å²) >= 11 is 0. The number of nitrogens with zero attached hydrogens (tertiary/aromatic N) is 5. The number of rotatable bonds is 6. The van der Waals surface area contributed by atoms with Gasteiger partial charge in [0.15, 0.2) is 17.3 Å². The van der Waals surface area contributed by atoms with E-state index < -0.39 is 6.61 Å². The summed E-state index contributed by atoms with van der Waals surface area (Å²) in [5.74, 6) is 0.978. The van der Waals surface area contributed by atoms with E-state index >= 15 is 0 Å². The second-order valence-corrected chi connectivity index (χ2v) is 5.64.